The number of carbonyl (C=O) groups excluding carboxylic acids is 1. The van der Waals surface area contributed by atoms with Gasteiger partial charge in [0.2, 0.25) is 5.91 Å². The summed E-state index contributed by atoms with van der Waals surface area (Å²) in [7, 11) is 0. The van der Waals surface area contributed by atoms with Gasteiger partial charge in [-0.05, 0) is 43.9 Å². The third-order valence-corrected chi connectivity index (χ3v) is 3.55. The molecule has 0 saturated heterocycles. The zero-order valence-electron chi connectivity index (χ0n) is 10.9. The van der Waals surface area contributed by atoms with Crippen LogP contribution in [0.4, 0.5) is 0 Å². The third kappa shape index (κ3) is 4.97. The number of nitrogens with one attached hydrogen (secondary N) is 1. The molecule has 1 aliphatic rings. The molecule has 1 saturated carbocycles. The molecule has 1 amide bonds. The van der Waals surface area contributed by atoms with Crippen molar-refractivity contribution in [2.24, 2.45) is 17.1 Å². The number of rotatable bonds is 4. The van der Waals surface area contributed by atoms with Crippen molar-refractivity contribution in [1.82, 2.24) is 5.32 Å². The first-order chi connectivity index (χ1) is 7.39. The molecule has 1 unspecified atom stereocenters. The first-order valence-electron chi connectivity index (χ1n) is 6.41. The van der Waals surface area contributed by atoms with Crippen LogP contribution < -0.4 is 11.1 Å². The van der Waals surface area contributed by atoms with Crippen LogP contribution in [0.25, 0.3) is 0 Å². The highest BCUT2D eigenvalue weighted by Crippen LogP contribution is 2.37. The van der Waals surface area contributed by atoms with Crippen LogP contribution >= 0.6 is 0 Å². The van der Waals surface area contributed by atoms with E-state index < -0.39 is 0 Å². The molecule has 1 rings (SSSR count). The lowest BCUT2D eigenvalue weighted by molar-refractivity contribution is -0.121. The smallest absolute Gasteiger partial charge is 0.221 e. The van der Waals surface area contributed by atoms with E-state index >= 15 is 0 Å². The van der Waals surface area contributed by atoms with Crippen molar-refractivity contribution < 1.29 is 4.79 Å². The second-order valence-corrected chi connectivity index (χ2v) is 6.09. The van der Waals surface area contributed by atoms with Gasteiger partial charge >= 0.3 is 0 Å². The van der Waals surface area contributed by atoms with Crippen LogP contribution in [-0.2, 0) is 4.79 Å². The van der Waals surface area contributed by atoms with Crippen LogP contribution in [0.3, 0.4) is 0 Å². The van der Waals surface area contributed by atoms with Crippen molar-refractivity contribution in [2.75, 3.05) is 6.54 Å². The van der Waals surface area contributed by atoms with Gasteiger partial charge in [-0.3, -0.25) is 4.79 Å². The van der Waals surface area contributed by atoms with Gasteiger partial charge in [-0.25, -0.2) is 0 Å². The van der Waals surface area contributed by atoms with E-state index in [0.717, 1.165) is 6.54 Å². The minimum Gasteiger partial charge on any atom is -0.356 e. The molecule has 94 valence electrons. The molecule has 1 fully saturated rings. The molecule has 3 N–H and O–H groups in total. The van der Waals surface area contributed by atoms with E-state index in [1.54, 1.807) is 0 Å². The zero-order valence-corrected chi connectivity index (χ0v) is 10.9. The molecular formula is C13H26N2O. The van der Waals surface area contributed by atoms with Gasteiger partial charge in [0.25, 0.3) is 0 Å². The predicted octanol–water partition coefficient (Wildman–Crippen LogP) is 2.06. The normalized spacial score (nSPS) is 22.8. The Labute approximate surface area is 99.2 Å². The number of amides is 1. The molecule has 3 heteroatoms. The van der Waals surface area contributed by atoms with Crippen molar-refractivity contribution in [2.45, 2.75) is 58.9 Å². The van der Waals surface area contributed by atoms with Gasteiger partial charge in [0.05, 0.1) is 0 Å². The quantitative estimate of drug-likeness (QED) is 0.771. The summed E-state index contributed by atoms with van der Waals surface area (Å²) >= 11 is 0. The maximum Gasteiger partial charge on any atom is 0.221 e. The molecule has 1 atom stereocenters. The first kappa shape index (κ1) is 13.5. The van der Waals surface area contributed by atoms with Crippen LogP contribution in [0.2, 0.25) is 0 Å². The summed E-state index contributed by atoms with van der Waals surface area (Å²) in [6.45, 7) is 7.36. The molecule has 0 aromatic carbocycles. The summed E-state index contributed by atoms with van der Waals surface area (Å²) in [5, 5.41) is 2.99. The van der Waals surface area contributed by atoms with Gasteiger partial charge in [0.1, 0.15) is 0 Å². The molecule has 0 heterocycles. The summed E-state index contributed by atoms with van der Waals surface area (Å²) in [6.07, 6.45) is 5.48. The second-order valence-electron chi connectivity index (χ2n) is 6.09. The van der Waals surface area contributed by atoms with E-state index in [-0.39, 0.29) is 11.9 Å². The number of nitrogens with two attached hydrogens (primary N) is 1. The van der Waals surface area contributed by atoms with E-state index in [4.69, 9.17) is 5.73 Å². The van der Waals surface area contributed by atoms with Gasteiger partial charge in [-0.1, -0.05) is 13.8 Å². The summed E-state index contributed by atoms with van der Waals surface area (Å²) in [6, 6.07) is -0.0368. The minimum absolute atomic E-state index is 0.0368. The highest BCUT2D eigenvalue weighted by atomic mass is 16.1. The van der Waals surface area contributed by atoms with Crippen LogP contribution in [-0.4, -0.2) is 18.5 Å². The average molecular weight is 226 g/mol. The molecule has 16 heavy (non-hydrogen) atoms. The third-order valence-electron chi connectivity index (χ3n) is 3.55. The van der Waals surface area contributed by atoms with Gasteiger partial charge in [0.15, 0.2) is 0 Å². The number of carbonyl (C=O) groups is 1. The van der Waals surface area contributed by atoms with Gasteiger partial charge in [-0.2, -0.15) is 0 Å². The minimum atomic E-state index is -0.0368. The molecule has 1 aliphatic carbocycles. The van der Waals surface area contributed by atoms with Gasteiger partial charge in [0, 0.05) is 19.0 Å². The molecule has 0 radical (unpaired) electrons. The Bertz CT molecular complexity index is 226. The number of hydrogen-bond donors (Lipinski definition) is 2. The van der Waals surface area contributed by atoms with Crippen LogP contribution in [0.15, 0.2) is 0 Å². The molecule has 0 aromatic rings. The highest BCUT2D eigenvalue weighted by molar-refractivity contribution is 5.76. The maximum absolute atomic E-state index is 11.4. The molecule has 0 aromatic heterocycles. The van der Waals surface area contributed by atoms with E-state index in [9.17, 15) is 4.79 Å². The largest absolute Gasteiger partial charge is 0.356 e. The summed E-state index contributed by atoms with van der Waals surface area (Å²) in [5.74, 6) is 0.768. The van der Waals surface area contributed by atoms with Crippen molar-refractivity contribution >= 4 is 5.91 Å². The van der Waals surface area contributed by atoms with E-state index in [0.29, 0.717) is 17.8 Å². The van der Waals surface area contributed by atoms with Gasteiger partial charge in [-0.15, -0.1) is 0 Å². The number of hydrogen-bond acceptors (Lipinski definition) is 2. The summed E-state index contributed by atoms with van der Waals surface area (Å²) in [5.41, 5.74) is 6.08. The summed E-state index contributed by atoms with van der Waals surface area (Å²) in [4.78, 5) is 11.4. The lowest BCUT2D eigenvalue weighted by Gasteiger charge is -2.34. The summed E-state index contributed by atoms with van der Waals surface area (Å²) < 4.78 is 0. The van der Waals surface area contributed by atoms with Gasteiger partial charge < -0.3 is 11.1 Å². The Hall–Kier alpha value is -0.570. The Kier molecular flexibility index (Phi) is 4.78. The molecular weight excluding hydrogens is 200 g/mol. The second kappa shape index (κ2) is 5.67. The fourth-order valence-electron chi connectivity index (χ4n) is 2.29. The van der Waals surface area contributed by atoms with Crippen molar-refractivity contribution in [3.8, 4) is 0 Å². The molecule has 3 nitrogen and oxygen atoms in total. The van der Waals surface area contributed by atoms with E-state index in [1.165, 1.54) is 25.7 Å². The van der Waals surface area contributed by atoms with E-state index in [2.05, 4.69) is 19.2 Å². The van der Waals surface area contributed by atoms with Crippen molar-refractivity contribution in [1.29, 1.82) is 0 Å². The SMILES string of the molecule is CC(N)CC(=O)NCC1CCC(C)(C)CC1. The topological polar surface area (TPSA) is 55.1 Å². The zero-order chi connectivity index (χ0) is 12.2. The standard InChI is InChI=1S/C13H26N2O/c1-10(14)8-12(16)15-9-11-4-6-13(2,3)7-5-11/h10-11H,4-9,14H2,1-3H3,(H,15,16). The fourth-order valence-corrected chi connectivity index (χ4v) is 2.29. The molecule has 0 bridgehead atoms. The highest BCUT2D eigenvalue weighted by Gasteiger charge is 2.26. The molecule has 0 aliphatic heterocycles. The Morgan fingerprint density at radius 3 is 2.50 bits per heavy atom. The lowest BCUT2D eigenvalue weighted by Crippen LogP contribution is -2.35. The Morgan fingerprint density at radius 2 is 2.00 bits per heavy atom. The first-order valence-corrected chi connectivity index (χ1v) is 6.41. The lowest BCUT2D eigenvalue weighted by atomic mass is 9.73. The van der Waals surface area contributed by atoms with Crippen molar-refractivity contribution in [3.63, 3.8) is 0 Å². The average Bonchev–Trinajstić information content (AvgIpc) is 2.15. The van der Waals surface area contributed by atoms with Crippen LogP contribution in [0.5, 0.6) is 0 Å². The van der Waals surface area contributed by atoms with Crippen molar-refractivity contribution in [3.05, 3.63) is 0 Å². The predicted molar refractivity (Wildman–Crippen MR) is 67.0 cm³/mol. The molecule has 0 spiro atoms. The Morgan fingerprint density at radius 1 is 1.44 bits per heavy atom. The van der Waals surface area contributed by atoms with E-state index in [1.807, 2.05) is 6.92 Å². The van der Waals surface area contributed by atoms with Crippen LogP contribution in [0, 0.1) is 11.3 Å². The monoisotopic (exact) mass is 226 g/mol. The fraction of sp³-hybridized carbons (Fsp3) is 0.923. The maximum atomic E-state index is 11.4. The van der Waals surface area contributed by atoms with Crippen LogP contribution in [0.1, 0.15) is 52.9 Å². The Balaban J connectivity index is 2.17.